The van der Waals surface area contributed by atoms with Crippen molar-refractivity contribution in [3.05, 3.63) is 76.0 Å². The zero-order valence-electron chi connectivity index (χ0n) is 20.7. The van der Waals surface area contributed by atoms with Crippen LogP contribution in [0, 0.1) is 0 Å². The van der Waals surface area contributed by atoms with E-state index in [4.69, 9.17) is 11.6 Å². The number of allylic oxidation sites excluding steroid dienone is 1. The molecule has 2 unspecified atom stereocenters. The molecule has 0 saturated carbocycles. The van der Waals surface area contributed by atoms with Crippen molar-refractivity contribution >= 4 is 28.6 Å². The van der Waals surface area contributed by atoms with Gasteiger partial charge in [0.15, 0.2) is 0 Å². The number of hydrogen-bond acceptors (Lipinski definition) is 5. The molecule has 5 rings (SSSR count). The van der Waals surface area contributed by atoms with Crippen LogP contribution in [0.3, 0.4) is 0 Å². The van der Waals surface area contributed by atoms with Crippen LogP contribution in [-0.4, -0.2) is 47.8 Å². The molecule has 2 aromatic carbocycles. The van der Waals surface area contributed by atoms with Gasteiger partial charge in [-0.1, -0.05) is 36.7 Å². The van der Waals surface area contributed by atoms with Gasteiger partial charge in [-0.15, -0.1) is 5.12 Å². The predicted molar refractivity (Wildman–Crippen MR) is 143 cm³/mol. The zero-order chi connectivity index (χ0) is 23.8. The van der Waals surface area contributed by atoms with Crippen molar-refractivity contribution in [3.8, 4) is 0 Å². The van der Waals surface area contributed by atoms with E-state index >= 15 is 0 Å². The van der Waals surface area contributed by atoms with Gasteiger partial charge in [0.1, 0.15) is 0 Å². The van der Waals surface area contributed by atoms with Gasteiger partial charge in [-0.3, -0.25) is 9.91 Å². The normalized spacial score (nSPS) is 22.0. The third-order valence-electron chi connectivity index (χ3n) is 7.63. The Morgan fingerprint density at radius 2 is 1.94 bits per heavy atom. The summed E-state index contributed by atoms with van der Waals surface area (Å²) in [6.45, 7) is 9.90. The molecule has 0 spiro atoms. The Morgan fingerprint density at radius 3 is 2.65 bits per heavy atom. The number of fused-ring (bicyclic) bond motifs is 3. The topological polar surface area (TPSA) is 33.8 Å². The van der Waals surface area contributed by atoms with Crippen molar-refractivity contribution in [1.82, 2.24) is 20.5 Å². The largest absolute Gasteiger partial charge is 0.378 e. The molecule has 34 heavy (non-hydrogen) atoms. The Bertz CT molecular complexity index is 1110. The first-order valence-electron chi connectivity index (χ1n) is 12.5. The molecule has 2 atom stereocenters. The number of anilines is 1. The highest BCUT2D eigenvalue weighted by atomic mass is 35.5. The highest BCUT2D eigenvalue weighted by molar-refractivity contribution is 6.30. The molecule has 6 heteroatoms. The molecule has 0 bridgehead atoms. The maximum Gasteiger partial charge on any atom is 0.0816 e. The number of hydrazine groups is 2. The van der Waals surface area contributed by atoms with Gasteiger partial charge in [-0.05, 0) is 80.1 Å². The second-order valence-electron chi connectivity index (χ2n) is 9.76. The monoisotopic (exact) mass is 477 g/mol. The fourth-order valence-corrected chi connectivity index (χ4v) is 5.60. The lowest BCUT2D eigenvalue weighted by Crippen LogP contribution is -2.40. The summed E-state index contributed by atoms with van der Waals surface area (Å²) in [5, 5.41) is 9.04. The van der Waals surface area contributed by atoms with Crippen LogP contribution in [0.25, 0.3) is 11.3 Å². The minimum Gasteiger partial charge on any atom is -0.378 e. The molecular formula is C28H36ClN5. The van der Waals surface area contributed by atoms with Crippen molar-refractivity contribution in [2.24, 2.45) is 0 Å². The average molecular weight is 478 g/mol. The molecule has 2 aromatic rings. The van der Waals surface area contributed by atoms with Gasteiger partial charge < -0.3 is 10.7 Å². The number of halogens is 1. The maximum atomic E-state index is 6.14. The van der Waals surface area contributed by atoms with E-state index in [0.29, 0.717) is 6.04 Å². The Labute approximate surface area is 209 Å². The Kier molecular flexibility index (Phi) is 6.61. The van der Waals surface area contributed by atoms with E-state index in [9.17, 15) is 0 Å². The van der Waals surface area contributed by atoms with Crippen LogP contribution in [0.4, 0.5) is 5.69 Å². The highest BCUT2D eigenvalue weighted by Crippen LogP contribution is 2.40. The van der Waals surface area contributed by atoms with E-state index < -0.39 is 0 Å². The third-order valence-corrected chi connectivity index (χ3v) is 7.88. The van der Waals surface area contributed by atoms with E-state index in [0.717, 1.165) is 43.2 Å². The van der Waals surface area contributed by atoms with Gasteiger partial charge in [-0.25, -0.2) is 0 Å². The molecule has 0 amide bonds. The van der Waals surface area contributed by atoms with Crippen molar-refractivity contribution in [1.29, 1.82) is 0 Å². The van der Waals surface area contributed by atoms with Crippen LogP contribution in [0.15, 0.2) is 54.2 Å². The minimum atomic E-state index is 0.219. The fraction of sp³-hybridized carbons (Fsp3) is 0.429. The summed E-state index contributed by atoms with van der Waals surface area (Å²) in [7, 11) is 2.09. The summed E-state index contributed by atoms with van der Waals surface area (Å²) in [5.41, 5.74) is 12.6. The van der Waals surface area contributed by atoms with E-state index in [2.05, 4.69) is 90.0 Å². The molecule has 0 radical (unpaired) electrons. The van der Waals surface area contributed by atoms with Gasteiger partial charge in [0.2, 0.25) is 0 Å². The van der Waals surface area contributed by atoms with Crippen LogP contribution < -0.4 is 10.7 Å². The molecular weight excluding hydrogens is 442 g/mol. The fourth-order valence-electron chi connectivity index (χ4n) is 5.48. The van der Waals surface area contributed by atoms with E-state index in [-0.39, 0.29) is 6.04 Å². The molecule has 0 aliphatic carbocycles. The van der Waals surface area contributed by atoms with Crippen molar-refractivity contribution in [3.63, 3.8) is 0 Å². The minimum absolute atomic E-state index is 0.219. The lowest BCUT2D eigenvalue weighted by molar-refractivity contribution is 0.0447. The van der Waals surface area contributed by atoms with Crippen molar-refractivity contribution in [2.75, 3.05) is 32.0 Å². The second-order valence-corrected chi connectivity index (χ2v) is 10.2. The quantitative estimate of drug-likeness (QED) is 0.540. The summed E-state index contributed by atoms with van der Waals surface area (Å²) in [6, 6.07) is 16.0. The number of hydrogen-bond donors (Lipinski definition) is 2. The standard InChI is InChI=1S/C28H36ClN5/c1-5-19(2)33-15-12-21(13-16-33)22-6-11-25-26(18-22)27(30-24-9-7-23(29)8-10-24)14-17-34-28(25)20(3)31-32(34)4/h6-12,18-19,27,30-31H,5,13-17H2,1-4H3. The smallest absolute Gasteiger partial charge is 0.0816 e. The van der Waals surface area contributed by atoms with Gasteiger partial charge in [0.25, 0.3) is 0 Å². The Balaban J connectivity index is 1.52. The van der Waals surface area contributed by atoms with Gasteiger partial charge in [0.05, 0.1) is 17.4 Å². The van der Waals surface area contributed by atoms with E-state index in [1.807, 2.05) is 12.1 Å². The van der Waals surface area contributed by atoms with Crippen molar-refractivity contribution < 1.29 is 0 Å². The molecule has 0 fully saturated rings. The van der Waals surface area contributed by atoms with Crippen LogP contribution in [0.5, 0.6) is 0 Å². The molecule has 2 N–H and O–H groups in total. The first-order valence-corrected chi connectivity index (χ1v) is 12.9. The number of rotatable bonds is 5. The second kappa shape index (κ2) is 9.65. The maximum absolute atomic E-state index is 6.14. The summed E-state index contributed by atoms with van der Waals surface area (Å²) in [6.07, 6.45) is 5.75. The van der Waals surface area contributed by atoms with Gasteiger partial charge >= 0.3 is 0 Å². The Hall–Kier alpha value is -2.47. The highest BCUT2D eigenvalue weighted by Gasteiger charge is 2.33. The molecule has 3 heterocycles. The van der Waals surface area contributed by atoms with Crippen LogP contribution in [0.2, 0.25) is 5.02 Å². The van der Waals surface area contributed by atoms with Gasteiger partial charge in [0, 0.05) is 49.0 Å². The molecule has 3 aliphatic heterocycles. The third kappa shape index (κ3) is 4.45. The lowest BCUT2D eigenvalue weighted by atomic mass is 9.90. The molecule has 3 aliphatic rings. The predicted octanol–water partition coefficient (Wildman–Crippen LogP) is 6.14. The summed E-state index contributed by atoms with van der Waals surface area (Å²) < 4.78 is 0. The SMILES string of the molecule is CCC(C)N1CC=C(c2ccc3c(c2)C(Nc2ccc(Cl)cc2)CCN2C3=C(C)NN2C)CC1. The van der Waals surface area contributed by atoms with E-state index in [1.165, 1.54) is 40.1 Å². The molecule has 0 aromatic heterocycles. The lowest BCUT2D eigenvalue weighted by Gasteiger charge is -2.31. The average Bonchev–Trinajstić information content (AvgIpc) is 3.04. The Morgan fingerprint density at radius 1 is 1.15 bits per heavy atom. The van der Waals surface area contributed by atoms with E-state index in [1.54, 1.807) is 0 Å². The van der Waals surface area contributed by atoms with Crippen LogP contribution in [0.1, 0.15) is 62.8 Å². The summed E-state index contributed by atoms with van der Waals surface area (Å²) in [4.78, 5) is 2.59. The van der Waals surface area contributed by atoms with Crippen LogP contribution >= 0.6 is 11.6 Å². The number of benzene rings is 2. The molecule has 5 nitrogen and oxygen atoms in total. The molecule has 180 valence electrons. The van der Waals surface area contributed by atoms with Gasteiger partial charge in [-0.2, -0.15) is 0 Å². The van der Waals surface area contributed by atoms with Crippen molar-refractivity contribution in [2.45, 2.75) is 52.1 Å². The number of nitrogens with one attached hydrogen (secondary N) is 2. The first kappa shape index (κ1) is 23.3. The molecule has 0 saturated heterocycles. The van der Waals surface area contributed by atoms with Crippen LogP contribution in [-0.2, 0) is 0 Å². The number of nitrogens with zero attached hydrogens (tertiary/aromatic N) is 3. The summed E-state index contributed by atoms with van der Waals surface area (Å²) >= 11 is 6.14. The first-order chi connectivity index (χ1) is 16.4. The summed E-state index contributed by atoms with van der Waals surface area (Å²) in [5.74, 6) is 0. The zero-order valence-corrected chi connectivity index (χ0v) is 21.5.